The Morgan fingerprint density at radius 1 is 0.913 bits per heavy atom. The molecule has 0 fully saturated rings. The Bertz CT molecular complexity index is 782. The third kappa shape index (κ3) is 3.26. The lowest BCUT2D eigenvalue weighted by Crippen LogP contribution is -2.39. The average Bonchev–Trinajstić information content (AvgIpc) is 2.90. The fourth-order valence-electron chi connectivity index (χ4n) is 2.90. The van der Waals surface area contributed by atoms with E-state index in [2.05, 4.69) is 25.8 Å². The summed E-state index contributed by atoms with van der Waals surface area (Å²) in [6, 6.07) is 0. The highest BCUT2D eigenvalue weighted by atomic mass is 16.2. The lowest BCUT2D eigenvalue weighted by molar-refractivity contribution is 0.561. The van der Waals surface area contributed by atoms with Gasteiger partial charge < -0.3 is 4.57 Å². The van der Waals surface area contributed by atoms with Gasteiger partial charge in [0.1, 0.15) is 5.82 Å². The minimum absolute atomic E-state index is 0.192. The average molecular weight is 320 g/mol. The molecule has 0 aromatic carbocycles. The highest BCUT2D eigenvalue weighted by Gasteiger charge is 2.19. The molecule has 6 heteroatoms. The first-order valence-corrected chi connectivity index (χ1v) is 8.75. The maximum absolute atomic E-state index is 12.9. The molecule has 2 heterocycles. The molecule has 0 saturated heterocycles. The van der Waals surface area contributed by atoms with E-state index >= 15 is 0 Å². The molecule has 23 heavy (non-hydrogen) atoms. The van der Waals surface area contributed by atoms with Crippen LogP contribution in [-0.4, -0.2) is 18.7 Å². The van der Waals surface area contributed by atoms with Crippen LogP contribution in [0.5, 0.6) is 0 Å². The van der Waals surface area contributed by atoms with Crippen LogP contribution in [0.4, 0.5) is 0 Å². The van der Waals surface area contributed by atoms with Crippen LogP contribution in [0.25, 0.3) is 11.2 Å². The summed E-state index contributed by atoms with van der Waals surface area (Å²) >= 11 is 0. The first-order valence-electron chi connectivity index (χ1n) is 8.75. The molecule has 128 valence electrons. The zero-order valence-electron chi connectivity index (χ0n) is 14.8. The number of aryl methyl sites for hydroxylation is 3. The number of aromatic nitrogens is 4. The van der Waals surface area contributed by atoms with Gasteiger partial charge in [-0.2, -0.15) is 0 Å². The summed E-state index contributed by atoms with van der Waals surface area (Å²) in [5.74, 6) is 0.913. The van der Waals surface area contributed by atoms with Crippen molar-refractivity contribution in [1.29, 1.82) is 0 Å². The van der Waals surface area contributed by atoms with Crippen molar-refractivity contribution in [3.8, 4) is 0 Å². The standard InChI is InChI=1S/C17H28N4O2/c1-5-8-11-20-13(10-7-3)18-15-14(20)16(22)21(12-9-6-2)17(23)19(15)4/h5-12H2,1-4H3. The Morgan fingerprint density at radius 2 is 1.52 bits per heavy atom. The van der Waals surface area contributed by atoms with E-state index in [0.29, 0.717) is 17.7 Å². The van der Waals surface area contributed by atoms with Gasteiger partial charge in [-0.1, -0.05) is 33.6 Å². The number of imidazole rings is 1. The Morgan fingerprint density at radius 3 is 2.09 bits per heavy atom. The molecule has 0 aliphatic rings. The van der Waals surface area contributed by atoms with E-state index in [1.54, 1.807) is 7.05 Å². The molecule has 0 amide bonds. The smallest absolute Gasteiger partial charge is 0.322 e. The number of nitrogens with zero attached hydrogens (tertiary/aromatic N) is 4. The molecule has 6 nitrogen and oxygen atoms in total. The predicted octanol–water partition coefficient (Wildman–Crippen LogP) is 2.45. The number of rotatable bonds is 8. The maximum atomic E-state index is 12.9. The van der Waals surface area contributed by atoms with Crippen LogP contribution in [0.3, 0.4) is 0 Å². The van der Waals surface area contributed by atoms with Gasteiger partial charge >= 0.3 is 5.69 Å². The van der Waals surface area contributed by atoms with Crippen molar-refractivity contribution in [2.75, 3.05) is 0 Å². The minimum atomic E-state index is -0.265. The van der Waals surface area contributed by atoms with Crippen LogP contribution < -0.4 is 11.2 Å². The molecule has 0 radical (unpaired) electrons. The van der Waals surface area contributed by atoms with Crippen LogP contribution >= 0.6 is 0 Å². The molecule has 0 saturated carbocycles. The summed E-state index contributed by atoms with van der Waals surface area (Å²) < 4.78 is 4.92. The summed E-state index contributed by atoms with van der Waals surface area (Å²) in [7, 11) is 1.71. The van der Waals surface area contributed by atoms with Gasteiger partial charge in [0, 0.05) is 26.6 Å². The fraction of sp³-hybridized carbons (Fsp3) is 0.706. The van der Waals surface area contributed by atoms with Crippen molar-refractivity contribution >= 4 is 11.2 Å². The van der Waals surface area contributed by atoms with Gasteiger partial charge in [0.05, 0.1) is 0 Å². The van der Waals surface area contributed by atoms with E-state index in [4.69, 9.17) is 0 Å². The van der Waals surface area contributed by atoms with Gasteiger partial charge in [0.2, 0.25) is 0 Å². The van der Waals surface area contributed by atoms with Crippen molar-refractivity contribution in [3.63, 3.8) is 0 Å². The van der Waals surface area contributed by atoms with E-state index in [1.165, 1.54) is 9.13 Å². The van der Waals surface area contributed by atoms with Crippen LogP contribution in [0.15, 0.2) is 9.59 Å². The fourth-order valence-corrected chi connectivity index (χ4v) is 2.90. The second-order valence-electron chi connectivity index (χ2n) is 6.11. The molecule has 0 atom stereocenters. The normalized spacial score (nSPS) is 11.5. The molecule has 2 rings (SSSR count). The summed E-state index contributed by atoms with van der Waals surface area (Å²) in [4.78, 5) is 30.0. The van der Waals surface area contributed by atoms with E-state index in [-0.39, 0.29) is 11.2 Å². The summed E-state index contributed by atoms with van der Waals surface area (Å²) in [6.45, 7) is 7.54. The molecule has 2 aromatic rings. The Labute approximate surface area is 136 Å². The summed E-state index contributed by atoms with van der Waals surface area (Å²) in [5, 5.41) is 0. The van der Waals surface area contributed by atoms with Crippen LogP contribution in [0, 0.1) is 0 Å². The number of fused-ring (bicyclic) bond motifs is 1. The van der Waals surface area contributed by atoms with Gasteiger partial charge in [-0.05, 0) is 19.3 Å². The Balaban J connectivity index is 2.74. The lowest BCUT2D eigenvalue weighted by atomic mass is 10.3. The Kier molecular flexibility index (Phi) is 5.80. The number of unbranched alkanes of at least 4 members (excludes halogenated alkanes) is 2. The van der Waals surface area contributed by atoms with Crippen LogP contribution in [0.1, 0.15) is 58.7 Å². The highest BCUT2D eigenvalue weighted by molar-refractivity contribution is 5.71. The molecule has 0 aliphatic heterocycles. The van der Waals surface area contributed by atoms with Gasteiger partial charge in [0.25, 0.3) is 5.56 Å². The van der Waals surface area contributed by atoms with E-state index in [9.17, 15) is 9.59 Å². The summed E-state index contributed by atoms with van der Waals surface area (Å²) in [6.07, 6.45) is 5.62. The van der Waals surface area contributed by atoms with Gasteiger partial charge in [-0.25, -0.2) is 9.78 Å². The zero-order chi connectivity index (χ0) is 17.0. The Hall–Kier alpha value is -1.85. The van der Waals surface area contributed by atoms with Crippen LogP contribution in [0.2, 0.25) is 0 Å². The molecular formula is C17H28N4O2. The number of hydrogen-bond donors (Lipinski definition) is 0. The third-order valence-electron chi connectivity index (χ3n) is 4.26. The quantitative estimate of drug-likeness (QED) is 0.750. The van der Waals surface area contributed by atoms with E-state index in [0.717, 1.165) is 50.9 Å². The SMILES string of the molecule is CCCCn1c(=O)c2c(nc(CCC)n2CCCC)n(C)c1=O. The van der Waals surface area contributed by atoms with Crippen molar-refractivity contribution in [2.45, 2.75) is 72.4 Å². The van der Waals surface area contributed by atoms with E-state index < -0.39 is 0 Å². The van der Waals surface area contributed by atoms with Gasteiger partial charge in [-0.15, -0.1) is 0 Å². The molecule has 0 spiro atoms. The van der Waals surface area contributed by atoms with Gasteiger partial charge in [0.15, 0.2) is 11.2 Å². The highest BCUT2D eigenvalue weighted by Crippen LogP contribution is 2.14. The van der Waals surface area contributed by atoms with Crippen molar-refractivity contribution < 1.29 is 0 Å². The molecule has 0 bridgehead atoms. The molecular weight excluding hydrogens is 292 g/mol. The third-order valence-corrected chi connectivity index (χ3v) is 4.26. The minimum Gasteiger partial charge on any atom is -0.322 e. The van der Waals surface area contributed by atoms with E-state index in [1.807, 2.05) is 4.57 Å². The van der Waals surface area contributed by atoms with Crippen molar-refractivity contribution in [2.24, 2.45) is 7.05 Å². The van der Waals surface area contributed by atoms with Gasteiger partial charge in [-0.3, -0.25) is 13.9 Å². The largest absolute Gasteiger partial charge is 0.332 e. The first-order chi connectivity index (χ1) is 11.1. The monoisotopic (exact) mass is 320 g/mol. The predicted molar refractivity (Wildman–Crippen MR) is 93.0 cm³/mol. The molecule has 0 unspecified atom stereocenters. The lowest BCUT2D eigenvalue weighted by Gasteiger charge is -2.10. The second kappa shape index (κ2) is 7.62. The molecule has 2 aromatic heterocycles. The summed E-state index contributed by atoms with van der Waals surface area (Å²) in [5.41, 5.74) is 0.647. The topological polar surface area (TPSA) is 61.8 Å². The first kappa shape index (κ1) is 17.5. The van der Waals surface area contributed by atoms with Crippen molar-refractivity contribution in [1.82, 2.24) is 18.7 Å². The molecule has 0 aliphatic carbocycles. The van der Waals surface area contributed by atoms with Crippen LogP contribution in [-0.2, 0) is 26.6 Å². The van der Waals surface area contributed by atoms with Crippen molar-refractivity contribution in [3.05, 3.63) is 26.7 Å². The second-order valence-corrected chi connectivity index (χ2v) is 6.11. The zero-order valence-corrected chi connectivity index (χ0v) is 14.8. The maximum Gasteiger partial charge on any atom is 0.332 e. The number of hydrogen-bond acceptors (Lipinski definition) is 3. The molecule has 0 N–H and O–H groups in total.